The van der Waals surface area contributed by atoms with Crippen molar-refractivity contribution in [3.63, 3.8) is 0 Å². The van der Waals surface area contributed by atoms with Crippen LogP contribution < -0.4 is 27.2 Å². The van der Waals surface area contributed by atoms with Crippen molar-refractivity contribution in [3.05, 3.63) is 147 Å². The molecule has 1 aliphatic heterocycles. The number of primary amides is 1. The fourth-order valence-electron chi connectivity index (χ4n) is 7.35. The van der Waals surface area contributed by atoms with Gasteiger partial charge in [0.2, 0.25) is 11.5 Å². The largest absolute Gasteiger partial charge is 0.506 e. The summed E-state index contributed by atoms with van der Waals surface area (Å²) < 4.78 is 0. The predicted molar refractivity (Wildman–Crippen MR) is 197 cm³/mol. The molecule has 2 atom stereocenters. The molecule has 5 aromatic rings. The molecule has 0 radical (unpaired) electrons. The van der Waals surface area contributed by atoms with Crippen molar-refractivity contribution in [1.29, 1.82) is 0 Å². The van der Waals surface area contributed by atoms with Crippen LogP contribution in [0.15, 0.2) is 114 Å². The Bertz CT molecular complexity index is 1980. The summed E-state index contributed by atoms with van der Waals surface area (Å²) in [4.78, 5) is 42.6. The number of rotatable bonds is 14. The van der Waals surface area contributed by atoms with E-state index in [0.717, 1.165) is 35.2 Å². The number of hydrogen-bond acceptors (Lipinski definition) is 7. The van der Waals surface area contributed by atoms with Crippen LogP contribution in [-0.2, 0) is 23.3 Å². The van der Waals surface area contributed by atoms with Crippen LogP contribution in [0.4, 0.5) is 4.79 Å². The van der Waals surface area contributed by atoms with Crippen LogP contribution in [-0.4, -0.2) is 64.8 Å². The van der Waals surface area contributed by atoms with Crippen LogP contribution in [0.5, 0.6) is 5.75 Å². The maximum atomic E-state index is 13.3. The van der Waals surface area contributed by atoms with Crippen LogP contribution >= 0.6 is 0 Å². The normalized spacial score (nSPS) is 15.4. The smallest absolute Gasteiger partial charge is 0.315 e. The highest BCUT2D eigenvalue weighted by Crippen LogP contribution is 2.43. The summed E-state index contributed by atoms with van der Waals surface area (Å²) in [6.07, 6.45) is -0.0591. The summed E-state index contributed by atoms with van der Waals surface area (Å²) in [6.45, 7) is 3.68. The highest BCUT2D eigenvalue weighted by atomic mass is 16.3. The molecular weight excluding hydrogens is 644 g/mol. The number of urea groups is 1. The van der Waals surface area contributed by atoms with Crippen molar-refractivity contribution in [2.45, 2.75) is 31.0 Å². The number of aliphatic hydroxyl groups is 1. The minimum absolute atomic E-state index is 0.0156. The number of benzene rings is 4. The monoisotopic (exact) mass is 688 g/mol. The van der Waals surface area contributed by atoms with Gasteiger partial charge in [-0.25, -0.2) is 4.79 Å². The standard InChI is InChI=1S/C40H44N6O5/c41-38(50)40(29-10-3-1-4-11-29,30-12-5-2-6-13-30)31-18-20-46(26-31)21-19-43-39(51)44-24-28-9-7-8-27(22-28)23-42-25-35(48)32-14-16-34(47)37-33(32)15-17-36(49)45-37/h1-17,22,31,35,42,47-48H,18-21,23-26H2,(H2,41,50)(H,45,49)(H2,43,44,51)/t31-,35-/m1/s1. The molecule has 51 heavy (non-hydrogen) atoms. The first-order valence-corrected chi connectivity index (χ1v) is 17.2. The first kappa shape index (κ1) is 35.3. The van der Waals surface area contributed by atoms with Gasteiger partial charge in [-0.2, -0.15) is 0 Å². The number of carbonyl (C=O) groups is 2. The van der Waals surface area contributed by atoms with Gasteiger partial charge in [0.15, 0.2) is 0 Å². The number of carbonyl (C=O) groups excluding carboxylic acids is 2. The van der Waals surface area contributed by atoms with Crippen molar-refractivity contribution in [3.8, 4) is 5.75 Å². The number of nitrogens with two attached hydrogens (primary N) is 1. The average molecular weight is 689 g/mol. The summed E-state index contributed by atoms with van der Waals surface area (Å²) in [5, 5.41) is 30.7. The van der Waals surface area contributed by atoms with Gasteiger partial charge < -0.3 is 41.8 Å². The molecule has 2 heterocycles. The number of amides is 3. The van der Waals surface area contributed by atoms with Crippen molar-refractivity contribution in [2.75, 3.05) is 32.7 Å². The molecule has 0 spiro atoms. The fourth-order valence-corrected chi connectivity index (χ4v) is 7.35. The summed E-state index contributed by atoms with van der Waals surface area (Å²) in [5.41, 5.74) is 9.55. The molecular formula is C40H44N6O5. The zero-order valence-corrected chi connectivity index (χ0v) is 28.3. The Morgan fingerprint density at radius 3 is 2.25 bits per heavy atom. The number of phenols is 1. The van der Waals surface area contributed by atoms with Crippen LogP contribution in [0, 0.1) is 5.92 Å². The number of phenolic OH excluding ortho intramolecular Hbond substituents is 1. The van der Waals surface area contributed by atoms with E-state index in [4.69, 9.17) is 5.73 Å². The van der Waals surface area contributed by atoms with Crippen LogP contribution in [0.3, 0.4) is 0 Å². The van der Waals surface area contributed by atoms with E-state index in [-0.39, 0.29) is 35.7 Å². The minimum Gasteiger partial charge on any atom is -0.506 e. The van der Waals surface area contributed by atoms with Gasteiger partial charge in [-0.15, -0.1) is 0 Å². The number of nitrogens with one attached hydrogen (secondary N) is 4. The van der Waals surface area contributed by atoms with E-state index in [1.165, 1.54) is 12.1 Å². The van der Waals surface area contributed by atoms with E-state index in [9.17, 15) is 24.6 Å². The molecule has 6 rings (SSSR count). The van der Waals surface area contributed by atoms with Crippen molar-refractivity contribution >= 4 is 22.8 Å². The van der Waals surface area contributed by atoms with E-state index in [1.807, 2.05) is 84.9 Å². The lowest BCUT2D eigenvalue weighted by Gasteiger charge is -2.37. The number of aliphatic hydroxyl groups excluding tert-OH is 1. The molecule has 4 aromatic carbocycles. The second kappa shape index (κ2) is 16.0. The van der Waals surface area contributed by atoms with Gasteiger partial charge >= 0.3 is 6.03 Å². The minimum atomic E-state index is -0.948. The molecule has 11 nitrogen and oxygen atoms in total. The van der Waals surface area contributed by atoms with Gasteiger partial charge in [-0.05, 0) is 58.8 Å². The lowest BCUT2D eigenvalue weighted by Crippen LogP contribution is -2.49. The zero-order valence-electron chi connectivity index (χ0n) is 28.3. The average Bonchev–Trinajstić information content (AvgIpc) is 3.61. The van der Waals surface area contributed by atoms with Crippen molar-refractivity contribution in [1.82, 2.24) is 25.8 Å². The number of hydrogen-bond donors (Lipinski definition) is 7. The van der Waals surface area contributed by atoms with Crippen LogP contribution in [0.1, 0.15) is 40.3 Å². The third kappa shape index (κ3) is 7.96. The number of nitrogens with zero attached hydrogens (tertiary/aromatic N) is 1. The van der Waals surface area contributed by atoms with Gasteiger partial charge in [-0.3, -0.25) is 9.59 Å². The Kier molecular flexibility index (Phi) is 11.1. The summed E-state index contributed by atoms with van der Waals surface area (Å²) in [7, 11) is 0. The summed E-state index contributed by atoms with van der Waals surface area (Å²) in [5.74, 6) is -0.427. The predicted octanol–water partition coefficient (Wildman–Crippen LogP) is 3.65. The molecule has 8 N–H and O–H groups in total. The molecule has 264 valence electrons. The van der Waals surface area contributed by atoms with E-state index in [0.29, 0.717) is 49.2 Å². The molecule has 1 aliphatic rings. The third-order valence-corrected chi connectivity index (χ3v) is 9.82. The Hall–Kier alpha value is -5.49. The second-order valence-corrected chi connectivity index (χ2v) is 13.1. The number of aromatic amines is 1. The second-order valence-electron chi connectivity index (χ2n) is 13.1. The van der Waals surface area contributed by atoms with Gasteiger partial charge in [0.25, 0.3) is 0 Å². The lowest BCUT2D eigenvalue weighted by atomic mass is 9.64. The van der Waals surface area contributed by atoms with E-state index in [1.54, 1.807) is 12.1 Å². The number of aromatic nitrogens is 1. The highest BCUT2D eigenvalue weighted by molar-refractivity contribution is 5.91. The number of pyridine rings is 1. The lowest BCUT2D eigenvalue weighted by molar-refractivity contribution is -0.123. The third-order valence-electron chi connectivity index (χ3n) is 9.82. The van der Waals surface area contributed by atoms with E-state index >= 15 is 0 Å². The van der Waals surface area contributed by atoms with Crippen LogP contribution in [0.25, 0.3) is 10.9 Å². The Labute approximate surface area is 296 Å². The highest BCUT2D eigenvalue weighted by Gasteiger charge is 2.49. The van der Waals surface area contributed by atoms with E-state index in [2.05, 4.69) is 25.8 Å². The summed E-state index contributed by atoms with van der Waals surface area (Å²) >= 11 is 0. The maximum absolute atomic E-state index is 13.3. The quantitative estimate of drug-likeness (QED) is 0.0933. The molecule has 0 bridgehead atoms. The SMILES string of the molecule is NC(=O)C(c1ccccc1)(c1ccccc1)[C@@H]1CCN(CCNC(=O)NCc2cccc(CNC[C@@H](O)c3ccc(O)c4[nH]c(=O)ccc34)c2)C1. The molecule has 1 aromatic heterocycles. The number of H-pyrrole nitrogens is 1. The molecule has 1 saturated heterocycles. The topological polar surface area (TPSA) is 173 Å². The maximum Gasteiger partial charge on any atom is 0.315 e. The zero-order chi connectivity index (χ0) is 35.8. The van der Waals surface area contributed by atoms with Crippen molar-refractivity contribution in [2.24, 2.45) is 11.7 Å². The van der Waals surface area contributed by atoms with Gasteiger partial charge in [-0.1, -0.05) is 91.0 Å². The van der Waals surface area contributed by atoms with Gasteiger partial charge in [0, 0.05) is 50.7 Å². The first-order chi connectivity index (χ1) is 24.8. The first-order valence-electron chi connectivity index (χ1n) is 17.2. The molecule has 0 unspecified atom stereocenters. The Morgan fingerprint density at radius 1 is 0.882 bits per heavy atom. The molecule has 11 heteroatoms. The number of aromatic hydroxyl groups is 1. The van der Waals surface area contributed by atoms with Crippen molar-refractivity contribution < 1.29 is 19.8 Å². The van der Waals surface area contributed by atoms with Gasteiger partial charge in [0.05, 0.1) is 11.6 Å². The number of fused-ring (bicyclic) bond motifs is 1. The molecule has 3 amide bonds. The molecule has 1 fully saturated rings. The summed E-state index contributed by atoms with van der Waals surface area (Å²) in [6, 6.07) is 33.2. The molecule has 0 saturated carbocycles. The van der Waals surface area contributed by atoms with Gasteiger partial charge in [0.1, 0.15) is 11.2 Å². The van der Waals surface area contributed by atoms with E-state index < -0.39 is 11.5 Å². The Balaban J connectivity index is 0.966. The molecule has 0 aliphatic carbocycles. The number of likely N-dealkylation sites (tertiary alicyclic amines) is 1. The van der Waals surface area contributed by atoms with Crippen LogP contribution in [0.2, 0.25) is 0 Å². The fraction of sp³-hybridized carbons (Fsp3) is 0.275. The Morgan fingerprint density at radius 2 is 1.57 bits per heavy atom.